The van der Waals surface area contributed by atoms with E-state index in [9.17, 15) is 14.7 Å². The maximum atomic E-state index is 10.7. The van der Waals surface area contributed by atoms with Gasteiger partial charge in [0.25, 0.3) is 0 Å². The summed E-state index contributed by atoms with van der Waals surface area (Å²) < 4.78 is 51.7. The van der Waals surface area contributed by atoms with Crippen molar-refractivity contribution >= 4 is 48.4 Å². The van der Waals surface area contributed by atoms with Crippen molar-refractivity contribution in [3.8, 4) is 23.0 Å². The standard InChI is InChI=1S/C19H32O3Si.C17H25O2.C14H24O2Si.C13H16O2.C6H18O3Si3.Li/c1-5-15(2)14-18(23(3,4)20)16-9-11-17(12-10-16)22-19-8-6-7-13-21-19;1-3-14(2)7-8-15-9-11-16(12-10-15)19-17-6-4-5-13-18-17;1-5-11(2)10-14(17(3,4)16)12-6-8-13(15)9-7-12;1-2-11-6-8-12(9-7-11)15-13-5-3-4-10-14-13;1-10(2)7-11(3,4)9-12(5,6)8-10;/h9-12,15,18-20H,5-8,13-14H2,1-4H3;8-12,14,17H,3-7,13H2,1-2H3;6-9,11,14-16H,5,10H2,1-4H3;2,6-9,13H,1,3-5,10H2;1-6H3;/q;-1;;;;+1. The van der Waals surface area contributed by atoms with E-state index < -0.39 is 42.3 Å². The van der Waals surface area contributed by atoms with Crippen molar-refractivity contribution in [2.45, 2.75) is 233 Å². The summed E-state index contributed by atoms with van der Waals surface area (Å²) in [6.45, 7) is 40.2. The minimum Gasteiger partial charge on any atom is -0.508 e. The maximum Gasteiger partial charge on any atom is 1.00 e. The van der Waals surface area contributed by atoms with Gasteiger partial charge >= 0.3 is 44.5 Å². The SMILES string of the molecule is C=Cc1ccc(OC2CCCCO2)cc1.CCC(C)CC(c1ccc(O)cc1)[Si](C)(C)O.CCC(C)CC(c1ccc(OC2CCCCO2)cc1)[Si](C)(C)O.CCC(C)C[CH-]c1ccc(OC2CCCCO2)cc1.C[Si]1(C)O[Si](C)(C)O[Si](C)(C)O1.[Li+]. The molecule has 4 aliphatic heterocycles. The summed E-state index contributed by atoms with van der Waals surface area (Å²) in [4.78, 5) is 21.1. The van der Waals surface area contributed by atoms with Gasteiger partial charge in [-0.15, -0.1) is 0 Å². The predicted molar refractivity (Wildman–Crippen MR) is 366 cm³/mol. The molecule has 0 bridgehead atoms. The van der Waals surface area contributed by atoms with Gasteiger partial charge in [0.1, 0.15) is 17.2 Å². The Morgan fingerprint density at radius 3 is 1.14 bits per heavy atom. The van der Waals surface area contributed by atoms with Crippen LogP contribution < -0.4 is 33.1 Å². The van der Waals surface area contributed by atoms with E-state index in [4.69, 9.17) is 40.8 Å². The molecule has 4 fully saturated rings. The Balaban J connectivity index is 0.000000288. The van der Waals surface area contributed by atoms with Crippen molar-refractivity contribution in [3.05, 3.63) is 132 Å². The van der Waals surface area contributed by atoms with Crippen molar-refractivity contribution < 1.29 is 74.3 Å². The van der Waals surface area contributed by atoms with Crippen LogP contribution in [0.4, 0.5) is 0 Å². The topological polar surface area (TPSA) is 144 Å². The monoisotopic (exact) mass is 1280 g/mol. The molecule has 4 saturated heterocycles. The number of ether oxygens (including phenoxy) is 6. The molecular weight excluding hydrogens is 1170 g/mol. The average Bonchev–Trinajstić information content (AvgIpc) is 3.61. The molecule has 3 N–H and O–H groups in total. The Hall–Kier alpha value is -2.95. The van der Waals surface area contributed by atoms with Crippen LogP contribution in [-0.4, -0.2) is 95.7 Å². The molecule has 0 radical (unpaired) electrons. The van der Waals surface area contributed by atoms with E-state index in [1.807, 2.05) is 92.9 Å². The first-order valence-electron chi connectivity index (χ1n) is 32.5. The second-order valence-corrected chi connectivity index (χ2v) is 45.5. The Morgan fingerprint density at radius 2 is 0.839 bits per heavy atom. The number of hydrogen-bond donors (Lipinski definition) is 3. The number of phenolic OH excluding ortho intramolecular Hbond substituents is 1. The summed E-state index contributed by atoms with van der Waals surface area (Å²) in [5.41, 5.74) is 5.29. The van der Waals surface area contributed by atoms with E-state index in [0.717, 1.165) is 125 Å². The quantitative estimate of drug-likeness (QED) is 0.0540. The molecule has 4 aromatic carbocycles. The van der Waals surface area contributed by atoms with Crippen molar-refractivity contribution in [1.82, 2.24) is 0 Å². The van der Waals surface area contributed by atoms with Gasteiger partial charge < -0.3 is 55.5 Å². The fourth-order valence-corrected chi connectivity index (χ4v) is 30.7. The van der Waals surface area contributed by atoms with E-state index in [1.54, 1.807) is 12.1 Å². The van der Waals surface area contributed by atoms with E-state index >= 15 is 0 Å². The predicted octanol–water partition coefficient (Wildman–Crippen LogP) is 15.5. The molecule has 8 atom stereocenters. The van der Waals surface area contributed by atoms with Crippen molar-refractivity contribution in [2.24, 2.45) is 17.8 Å². The second kappa shape index (κ2) is 38.8. The van der Waals surface area contributed by atoms with E-state index in [-0.39, 0.29) is 54.6 Å². The van der Waals surface area contributed by atoms with Gasteiger partial charge in [-0.25, -0.2) is 0 Å². The summed E-state index contributed by atoms with van der Waals surface area (Å²) in [6, 6.07) is 31.8. The summed E-state index contributed by atoms with van der Waals surface area (Å²) in [7, 11) is -10.0. The van der Waals surface area contributed by atoms with Crippen LogP contribution in [0.1, 0.15) is 171 Å². The summed E-state index contributed by atoms with van der Waals surface area (Å²) in [5.74, 6) is 4.93. The summed E-state index contributed by atoms with van der Waals surface area (Å²) >= 11 is 0. The second-order valence-electron chi connectivity index (χ2n) is 26.6. The van der Waals surface area contributed by atoms with Gasteiger partial charge in [0.05, 0.1) is 25.6 Å². The van der Waals surface area contributed by atoms with Gasteiger partial charge in [-0.2, -0.15) is 24.1 Å². The Morgan fingerprint density at radius 1 is 0.517 bits per heavy atom. The minimum absolute atomic E-state index is 0. The molecule has 87 heavy (non-hydrogen) atoms. The van der Waals surface area contributed by atoms with Gasteiger partial charge in [0, 0.05) is 30.3 Å². The third-order valence-electron chi connectivity index (χ3n) is 16.1. The molecule has 0 aromatic heterocycles. The fraction of sp³-hybridized carbons (Fsp3) is 0.609. The molecule has 0 amide bonds. The van der Waals surface area contributed by atoms with Gasteiger partial charge in [-0.1, -0.05) is 134 Å². The Kier molecular flexibility index (Phi) is 34.9. The smallest absolute Gasteiger partial charge is 0.508 e. The average molecular weight is 1280 g/mol. The molecule has 4 aromatic rings. The van der Waals surface area contributed by atoms with Crippen molar-refractivity contribution in [1.29, 1.82) is 0 Å². The first-order chi connectivity index (χ1) is 40.5. The van der Waals surface area contributed by atoms with Gasteiger partial charge in [-0.3, -0.25) is 0 Å². The van der Waals surface area contributed by atoms with E-state index in [2.05, 4.69) is 118 Å². The fourth-order valence-electron chi connectivity index (χ4n) is 10.9. The zero-order valence-corrected chi connectivity index (χ0v) is 62.0. The zero-order valence-electron chi connectivity index (χ0n) is 57.0. The van der Waals surface area contributed by atoms with Crippen molar-refractivity contribution in [2.75, 3.05) is 19.8 Å². The summed E-state index contributed by atoms with van der Waals surface area (Å²) in [5, 5.41) is 9.32. The number of phenols is 1. The molecular formula is C69H115LiO12Si5. The molecule has 8 rings (SSSR count). The van der Waals surface area contributed by atoms with Crippen LogP contribution >= 0.6 is 0 Å². The Bertz CT molecular complexity index is 2410. The van der Waals surface area contributed by atoms with Crippen LogP contribution in [0.2, 0.25) is 65.5 Å². The minimum atomic E-state index is -2.23. The summed E-state index contributed by atoms with van der Waals surface area (Å²) in [6.07, 6.45) is 20.6. The molecule has 484 valence electrons. The van der Waals surface area contributed by atoms with E-state index in [0.29, 0.717) is 11.8 Å². The maximum absolute atomic E-state index is 10.7. The van der Waals surface area contributed by atoms with Crippen molar-refractivity contribution in [3.63, 3.8) is 0 Å². The van der Waals surface area contributed by atoms with Gasteiger partial charge in [-0.05, 0) is 182 Å². The third-order valence-corrected chi connectivity index (χ3v) is 32.4. The van der Waals surface area contributed by atoms with Crippen LogP contribution in [-0.2, 0) is 26.6 Å². The third kappa shape index (κ3) is 31.3. The molecule has 12 nitrogen and oxygen atoms in total. The number of benzene rings is 4. The first-order valence-corrected chi connectivity index (χ1v) is 47.0. The number of hydrogen-bond acceptors (Lipinski definition) is 12. The number of rotatable bonds is 21. The molecule has 0 aliphatic carbocycles. The van der Waals surface area contributed by atoms with E-state index in [1.165, 1.54) is 36.8 Å². The van der Waals surface area contributed by atoms with Gasteiger partial charge in [0.15, 0.2) is 35.5 Å². The zero-order chi connectivity index (χ0) is 63.6. The molecule has 0 spiro atoms. The Labute approximate surface area is 545 Å². The molecule has 18 heteroatoms. The van der Waals surface area contributed by atoms with Crippen LogP contribution in [0.15, 0.2) is 104 Å². The van der Waals surface area contributed by atoms with Crippen LogP contribution in [0.25, 0.3) is 6.08 Å². The molecule has 4 aliphatic rings. The van der Waals surface area contributed by atoms with Crippen LogP contribution in [0, 0.1) is 24.2 Å². The molecule has 4 heterocycles. The largest absolute Gasteiger partial charge is 1.00 e. The van der Waals surface area contributed by atoms with Gasteiger partial charge in [0.2, 0.25) is 0 Å². The normalized spacial score (nSPS) is 21.3. The molecule has 0 saturated carbocycles. The van der Waals surface area contributed by atoms with Crippen LogP contribution in [0.3, 0.4) is 0 Å². The van der Waals surface area contributed by atoms with Crippen LogP contribution in [0.5, 0.6) is 23.0 Å². The molecule has 8 unspecified atom stereocenters. The number of aromatic hydroxyl groups is 1. The first kappa shape index (κ1) is 78.3.